The van der Waals surface area contributed by atoms with E-state index in [1.807, 2.05) is 42.5 Å². The van der Waals surface area contributed by atoms with Crippen LogP contribution in [-0.2, 0) is 11.4 Å². The molecule has 0 aliphatic rings. The number of benzene rings is 2. The first kappa shape index (κ1) is 13.1. The van der Waals surface area contributed by atoms with Crippen LogP contribution in [0.1, 0.15) is 24.0 Å². The molecule has 1 atom stereocenters. The topological polar surface area (TPSA) is 46.5 Å². The highest BCUT2D eigenvalue weighted by Crippen LogP contribution is 2.27. The van der Waals surface area contributed by atoms with Crippen LogP contribution < -0.4 is 4.74 Å². The molecule has 0 bridgehead atoms. The van der Waals surface area contributed by atoms with Crippen molar-refractivity contribution < 1.29 is 14.6 Å². The Balaban J connectivity index is 2.14. The number of ether oxygens (including phenoxy) is 1. The third kappa shape index (κ3) is 3.35. The van der Waals surface area contributed by atoms with E-state index in [0.717, 1.165) is 5.56 Å². The molecule has 0 heterocycles. The summed E-state index contributed by atoms with van der Waals surface area (Å²) in [6.45, 7) is 2.09. The molecule has 1 N–H and O–H groups in total. The van der Waals surface area contributed by atoms with Gasteiger partial charge in [0.2, 0.25) is 0 Å². The minimum atomic E-state index is -0.851. The van der Waals surface area contributed by atoms with Gasteiger partial charge in [0.25, 0.3) is 0 Å². The van der Waals surface area contributed by atoms with Gasteiger partial charge in [-0.1, -0.05) is 48.5 Å². The molecular weight excluding hydrogens is 240 g/mol. The summed E-state index contributed by atoms with van der Waals surface area (Å²) >= 11 is 0. The normalized spacial score (nSPS) is 11.8. The second-order valence-corrected chi connectivity index (χ2v) is 4.37. The summed E-state index contributed by atoms with van der Waals surface area (Å²) < 4.78 is 5.73. The average molecular weight is 256 g/mol. The maximum atomic E-state index is 11.1. The highest BCUT2D eigenvalue weighted by molar-refractivity contribution is 5.76. The largest absolute Gasteiger partial charge is 0.489 e. The Kier molecular flexibility index (Phi) is 4.18. The third-order valence-electron chi connectivity index (χ3n) is 2.99. The number of carboxylic acids is 1. The monoisotopic (exact) mass is 256 g/mol. The van der Waals surface area contributed by atoms with Crippen molar-refractivity contribution in [3.8, 4) is 5.75 Å². The van der Waals surface area contributed by atoms with Gasteiger partial charge in [0.05, 0.1) is 5.92 Å². The lowest BCUT2D eigenvalue weighted by Gasteiger charge is -2.14. The summed E-state index contributed by atoms with van der Waals surface area (Å²) in [6, 6.07) is 17.1. The Morgan fingerprint density at radius 2 is 1.74 bits per heavy atom. The lowest BCUT2D eigenvalue weighted by atomic mass is 10.0. The van der Waals surface area contributed by atoms with E-state index in [2.05, 4.69) is 0 Å². The molecule has 0 amide bonds. The zero-order chi connectivity index (χ0) is 13.7. The highest BCUT2D eigenvalue weighted by Gasteiger charge is 2.17. The maximum Gasteiger partial charge on any atom is 0.310 e. The van der Waals surface area contributed by atoms with Gasteiger partial charge in [-0.2, -0.15) is 0 Å². The van der Waals surface area contributed by atoms with Crippen molar-refractivity contribution in [2.75, 3.05) is 0 Å². The van der Waals surface area contributed by atoms with Gasteiger partial charge in [-0.25, -0.2) is 0 Å². The first-order valence-electron chi connectivity index (χ1n) is 6.17. The first-order valence-corrected chi connectivity index (χ1v) is 6.17. The standard InChI is InChI=1S/C16H16O3/c1-12(16(17)18)14-9-5-6-10-15(14)19-11-13-7-3-2-4-8-13/h2-10,12H,11H2,1H3,(H,17,18)/t12-/m0/s1. The molecule has 3 nitrogen and oxygen atoms in total. The molecular formula is C16H16O3. The van der Waals surface area contributed by atoms with E-state index in [-0.39, 0.29) is 0 Å². The van der Waals surface area contributed by atoms with Crippen LogP contribution in [0.3, 0.4) is 0 Å². The van der Waals surface area contributed by atoms with Crippen molar-refractivity contribution in [3.63, 3.8) is 0 Å². The predicted octanol–water partition coefficient (Wildman–Crippen LogP) is 3.45. The van der Waals surface area contributed by atoms with Gasteiger partial charge in [0, 0.05) is 5.56 Å². The van der Waals surface area contributed by atoms with Crippen molar-refractivity contribution in [1.29, 1.82) is 0 Å². The molecule has 0 fully saturated rings. The van der Waals surface area contributed by atoms with Gasteiger partial charge in [-0.3, -0.25) is 4.79 Å². The van der Waals surface area contributed by atoms with Crippen LogP contribution in [0.5, 0.6) is 5.75 Å². The molecule has 3 heteroatoms. The van der Waals surface area contributed by atoms with E-state index in [1.54, 1.807) is 19.1 Å². The number of aliphatic carboxylic acids is 1. The summed E-state index contributed by atoms with van der Waals surface area (Å²) in [6.07, 6.45) is 0. The predicted molar refractivity (Wildman–Crippen MR) is 73.3 cm³/mol. The molecule has 0 aliphatic carbocycles. The van der Waals surface area contributed by atoms with Crippen molar-refractivity contribution in [1.82, 2.24) is 0 Å². The fraction of sp³-hybridized carbons (Fsp3) is 0.188. The molecule has 0 radical (unpaired) electrons. The van der Waals surface area contributed by atoms with Gasteiger partial charge >= 0.3 is 5.97 Å². The van der Waals surface area contributed by atoms with E-state index < -0.39 is 11.9 Å². The Bertz CT molecular complexity index is 549. The van der Waals surface area contributed by atoms with Crippen LogP contribution in [-0.4, -0.2) is 11.1 Å². The van der Waals surface area contributed by atoms with E-state index in [9.17, 15) is 4.79 Å². The maximum absolute atomic E-state index is 11.1. The van der Waals surface area contributed by atoms with Crippen molar-refractivity contribution in [2.45, 2.75) is 19.4 Å². The van der Waals surface area contributed by atoms with Crippen LogP contribution >= 0.6 is 0 Å². The minimum absolute atomic E-state index is 0.435. The molecule has 0 unspecified atom stereocenters. The Morgan fingerprint density at radius 1 is 1.11 bits per heavy atom. The average Bonchev–Trinajstić information content (AvgIpc) is 2.45. The summed E-state index contributed by atoms with van der Waals surface area (Å²) in [4.78, 5) is 11.1. The molecule has 0 aromatic heterocycles. The van der Waals surface area contributed by atoms with Crippen molar-refractivity contribution in [3.05, 3.63) is 65.7 Å². The quantitative estimate of drug-likeness (QED) is 0.891. The molecule has 98 valence electrons. The zero-order valence-electron chi connectivity index (χ0n) is 10.7. The van der Waals surface area contributed by atoms with E-state index >= 15 is 0 Å². The number of para-hydroxylation sites is 1. The molecule has 0 spiro atoms. The number of carboxylic acid groups (broad SMARTS) is 1. The van der Waals surface area contributed by atoms with Crippen LogP contribution in [0.25, 0.3) is 0 Å². The second-order valence-electron chi connectivity index (χ2n) is 4.37. The van der Waals surface area contributed by atoms with Crippen LogP contribution in [0, 0.1) is 0 Å². The van der Waals surface area contributed by atoms with Gasteiger partial charge in [-0.05, 0) is 18.6 Å². The molecule has 2 aromatic carbocycles. The number of hydrogen-bond donors (Lipinski definition) is 1. The highest BCUT2D eigenvalue weighted by atomic mass is 16.5. The molecule has 2 rings (SSSR count). The van der Waals surface area contributed by atoms with Crippen LogP contribution in [0.4, 0.5) is 0 Å². The van der Waals surface area contributed by atoms with Crippen LogP contribution in [0.2, 0.25) is 0 Å². The summed E-state index contributed by atoms with van der Waals surface area (Å²) in [5, 5.41) is 9.09. The Labute approximate surface area is 112 Å². The number of hydrogen-bond acceptors (Lipinski definition) is 2. The van der Waals surface area contributed by atoms with E-state index in [4.69, 9.17) is 9.84 Å². The number of carbonyl (C=O) groups is 1. The van der Waals surface area contributed by atoms with E-state index in [1.165, 1.54) is 0 Å². The fourth-order valence-electron chi connectivity index (χ4n) is 1.84. The molecule has 0 saturated carbocycles. The summed E-state index contributed by atoms with van der Waals surface area (Å²) in [7, 11) is 0. The van der Waals surface area contributed by atoms with Gasteiger partial charge in [0.15, 0.2) is 0 Å². The molecule has 2 aromatic rings. The smallest absolute Gasteiger partial charge is 0.310 e. The SMILES string of the molecule is C[C@H](C(=O)O)c1ccccc1OCc1ccccc1. The van der Waals surface area contributed by atoms with Gasteiger partial charge in [-0.15, -0.1) is 0 Å². The third-order valence-corrected chi connectivity index (χ3v) is 2.99. The summed E-state index contributed by atoms with van der Waals surface area (Å²) in [5.74, 6) is -0.802. The minimum Gasteiger partial charge on any atom is -0.489 e. The lowest BCUT2D eigenvalue weighted by Crippen LogP contribution is -2.09. The van der Waals surface area contributed by atoms with E-state index in [0.29, 0.717) is 17.9 Å². The zero-order valence-corrected chi connectivity index (χ0v) is 10.7. The van der Waals surface area contributed by atoms with Gasteiger partial charge < -0.3 is 9.84 Å². The fourth-order valence-corrected chi connectivity index (χ4v) is 1.84. The van der Waals surface area contributed by atoms with Crippen LogP contribution in [0.15, 0.2) is 54.6 Å². The second kappa shape index (κ2) is 6.05. The lowest BCUT2D eigenvalue weighted by molar-refractivity contribution is -0.138. The summed E-state index contributed by atoms with van der Waals surface area (Å²) in [5.41, 5.74) is 1.76. The molecule has 0 aliphatic heterocycles. The van der Waals surface area contributed by atoms with Crippen molar-refractivity contribution in [2.24, 2.45) is 0 Å². The Hall–Kier alpha value is -2.29. The molecule has 19 heavy (non-hydrogen) atoms. The van der Waals surface area contributed by atoms with Gasteiger partial charge in [0.1, 0.15) is 12.4 Å². The number of rotatable bonds is 5. The first-order chi connectivity index (χ1) is 9.18. The Morgan fingerprint density at radius 3 is 2.42 bits per heavy atom. The molecule has 0 saturated heterocycles. The van der Waals surface area contributed by atoms with Crippen molar-refractivity contribution >= 4 is 5.97 Å².